The van der Waals surface area contributed by atoms with Crippen LogP contribution < -0.4 is 5.32 Å². The Morgan fingerprint density at radius 3 is 2.82 bits per heavy atom. The van der Waals surface area contributed by atoms with Crippen LogP contribution in [0, 0.1) is 18.7 Å². The molecule has 0 aliphatic heterocycles. The molecule has 94 valence electrons. The first-order chi connectivity index (χ1) is 8.22. The normalized spacial score (nSPS) is 23.5. The van der Waals surface area contributed by atoms with Gasteiger partial charge in [-0.05, 0) is 62.7 Å². The van der Waals surface area contributed by atoms with E-state index in [9.17, 15) is 4.39 Å². The Balaban J connectivity index is 1.99. The van der Waals surface area contributed by atoms with E-state index >= 15 is 0 Å². The average Bonchev–Trinajstić information content (AvgIpc) is 2.28. The van der Waals surface area contributed by atoms with Crippen molar-refractivity contribution in [3.05, 3.63) is 35.1 Å². The maximum absolute atomic E-state index is 13.8. The first kappa shape index (κ1) is 12.6. The molecule has 0 amide bonds. The molecule has 1 fully saturated rings. The van der Waals surface area contributed by atoms with Crippen molar-refractivity contribution in [3.8, 4) is 0 Å². The maximum Gasteiger partial charge on any atom is 0.126 e. The quantitative estimate of drug-likeness (QED) is 0.768. The van der Waals surface area contributed by atoms with Crippen molar-refractivity contribution in [2.45, 2.75) is 39.0 Å². The zero-order valence-electron chi connectivity index (χ0n) is 10.8. The molecule has 0 spiro atoms. The van der Waals surface area contributed by atoms with Crippen LogP contribution in [-0.2, 0) is 0 Å². The standard InChI is InChI=1S/C15H22FN/c1-3-8-17-10-12-5-6-13(12)14-9-11(2)4-7-15(14)16/h4,7,9,12-13,17H,3,5-6,8,10H2,1-2H3. The molecular weight excluding hydrogens is 213 g/mol. The summed E-state index contributed by atoms with van der Waals surface area (Å²) in [6, 6.07) is 5.48. The number of rotatable bonds is 5. The second kappa shape index (κ2) is 5.63. The molecule has 1 aromatic rings. The Bertz CT molecular complexity index is 375. The molecule has 0 heterocycles. The summed E-state index contributed by atoms with van der Waals surface area (Å²) in [5, 5.41) is 3.45. The highest BCUT2D eigenvalue weighted by molar-refractivity contribution is 5.29. The lowest BCUT2D eigenvalue weighted by molar-refractivity contribution is 0.241. The Morgan fingerprint density at radius 2 is 2.18 bits per heavy atom. The molecule has 1 nitrogen and oxygen atoms in total. The SMILES string of the molecule is CCCNCC1CCC1c1cc(C)ccc1F. The van der Waals surface area contributed by atoms with E-state index in [1.165, 1.54) is 6.42 Å². The Kier molecular flexibility index (Phi) is 4.16. The minimum atomic E-state index is -0.0270. The van der Waals surface area contributed by atoms with Gasteiger partial charge >= 0.3 is 0 Å². The van der Waals surface area contributed by atoms with Crippen LogP contribution in [0.5, 0.6) is 0 Å². The highest BCUT2D eigenvalue weighted by Crippen LogP contribution is 2.43. The minimum Gasteiger partial charge on any atom is -0.316 e. The molecule has 0 radical (unpaired) electrons. The van der Waals surface area contributed by atoms with Crippen LogP contribution in [0.3, 0.4) is 0 Å². The minimum absolute atomic E-state index is 0.0270. The zero-order valence-corrected chi connectivity index (χ0v) is 10.8. The second-order valence-corrected chi connectivity index (χ2v) is 5.17. The molecule has 1 aliphatic carbocycles. The van der Waals surface area contributed by atoms with Crippen molar-refractivity contribution in [1.82, 2.24) is 5.32 Å². The summed E-state index contributed by atoms with van der Waals surface area (Å²) in [5.74, 6) is 1.03. The molecule has 2 rings (SSSR count). The van der Waals surface area contributed by atoms with Crippen molar-refractivity contribution in [3.63, 3.8) is 0 Å². The summed E-state index contributed by atoms with van der Waals surface area (Å²) < 4.78 is 13.8. The van der Waals surface area contributed by atoms with E-state index < -0.39 is 0 Å². The Labute approximate surface area is 103 Å². The van der Waals surface area contributed by atoms with Gasteiger partial charge in [0.15, 0.2) is 0 Å². The van der Waals surface area contributed by atoms with Crippen LogP contribution in [0.1, 0.15) is 43.2 Å². The Morgan fingerprint density at radius 1 is 1.35 bits per heavy atom. The van der Waals surface area contributed by atoms with Crippen molar-refractivity contribution >= 4 is 0 Å². The third-order valence-corrected chi connectivity index (χ3v) is 3.80. The monoisotopic (exact) mass is 235 g/mol. The van der Waals surface area contributed by atoms with Gasteiger partial charge in [-0.3, -0.25) is 0 Å². The number of benzene rings is 1. The topological polar surface area (TPSA) is 12.0 Å². The van der Waals surface area contributed by atoms with E-state index in [0.29, 0.717) is 11.8 Å². The van der Waals surface area contributed by atoms with Crippen molar-refractivity contribution in [2.24, 2.45) is 5.92 Å². The van der Waals surface area contributed by atoms with Gasteiger partial charge in [0, 0.05) is 0 Å². The fourth-order valence-electron chi connectivity index (χ4n) is 2.63. The summed E-state index contributed by atoms with van der Waals surface area (Å²) in [6.07, 6.45) is 3.53. The summed E-state index contributed by atoms with van der Waals surface area (Å²) in [4.78, 5) is 0. The third kappa shape index (κ3) is 2.86. The number of aryl methyl sites for hydroxylation is 1. The van der Waals surface area contributed by atoms with Crippen LogP contribution in [0.4, 0.5) is 4.39 Å². The average molecular weight is 235 g/mol. The molecule has 0 saturated heterocycles. The summed E-state index contributed by atoms with van der Waals surface area (Å²) in [5.41, 5.74) is 2.09. The largest absolute Gasteiger partial charge is 0.316 e. The molecular formula is C15H22FN. The zero-order chi connectivity index (χ0) is 12.3. The van der Waals surface area contributed by atoms with Gasteiger partial charge < -0.3 is 5.32 Å². The van der Waals surface area contributed by atoms with E-state index in [1.807, 2.05) is 19.1 Å². The highest BCUT2D eigenvalue weighted by atomic mass is 19.1. The van der Waals surface area contributed by atoms with Crippen LogP contribution in [0.15, 0.2) is 18.2 Å². The third-order valence-electron chi connectivity index (χ3n) is 3.80. The summed E-state index contributed by atoms with van der Waals surface area (Å²) in [7, 11) is 0. The van der Waals surface area contributed by atoms with E-state index in [1.54, 1.807) is 6.07 Å². The Hall–Kier alpha value is -0.890. The van der Waals surface area contributed by atoms with Crippen molar-refractivity contribution in [1.29, 1.82) is 0 Å². The molecule has 1 aliphatic rings. The van der Waals surface area contributed by atoms with Crippen LogP contribution in [0.25, 0.3) is 0 Å². The fraction of sp³-hybridized carbons (Fsp3) is 0.600. The van der Waals surface area contributed by atoms with Crippen LogP contribution >= 0.6 is 0 Å². The predicted molar refractivity (Wildman–Crippen MR) is 69.8 cm³/mol. The van der Waals surface area contributed by atoms with Gasteiger partial charge in [0.2, 0.25) is 0 Å². The second-order valence-electron chi connectivity index (χ2n) is 5.17. The smallest absolute Gasteiger partial charge is 0.126 e. The molecule has 1 saturated carbocycles. The first-order valence-electron chi connectivity index (χ1n) is 6.69. The number of halogens is 1. The maximum atomic E-state index is 13.8. The van der Waals surface area contributed by atoms with Crippen molar-refractivity contribution < 1.29 is 4.39 Å². The first-order valence-corrected chi connectivity index (χ1v) is 6.69. The molecule has 2 atom stereocenters. The van der Waals surface area contributed by atoms with Crippen LogP contribution in [-0.4, -0.2) is 13.1 Å². The predicted octanol–water partition coefficient (Wildman–Crippen LogP) is 3.63. The van der Waals surface area contributed by atoms with Crippen LogP contribution in [0.2, 0.25) is 0 Å². The fourth-order valence-corrected chi connectivity index (χ4v) is 2.63. The van der Waals surface area contributed by atoms with Gasteiger partial charge in [-0.2, -0.15) is 0 Å². The van der Waals surface area contributed by atoms with Gasteiger partial charge in [0.1, 0.15) is 5.82 Å². The van der Waals surface area contributed by atoms with Crippen molar-refractivity contribution in [2.75, 3.05) is 13.1 Å². The lowest BCUT2D eigenvalue weighted by atomic mass is 9.69. The number of nitrogens with one attached hydrogen (secondary N) is 1. The van der Waals surface area contributed by atoms with E-state index in [2.05, 4.69) is 12.2 Å². The molecule has 0 aromatic heterocycles. The van der Waals surface area contributed by atoms with Gasteiger partial charge in [-0.15, -0.1) is 0 Å². The van der Waals surface area contributed by atoms with E-state index in [0.717, 1.165) is 37.1 Å². The van der Waals surface area contributed by atoms with E-state index in [4.69, 9.17) is 0 Å². The van der Waals surface area contributed by atoms with Gasteiger partial charge in [-0.25, -0.2) is 4.39 Å². The lowest BCUT2D eigenvalue weighted by Gasteiger charge is -2.37. The molecule has 2 unspecified atom stereocenters. The summed E-state index contributed by atoms with van der Waals surface area (Å²) >= 11 is 0. The number of hydrogen-bond acceptors (Lipinski definition) is 1. The van der Waals surface area contributed by atoms with E-state index in [-0.39, 0.29) is 5.82 Å². The van der Waals surface area contributed by atoms with Gasteiger partial charge in [0.25, 0.3) is 0 Å². The number of hydrogen-bond donors (Lipinski definition) is 1. The summed E-state index contributed by atoms with van der Waals surface area (Å²) in [6.45, 7) is 6.31. The highest BCUT2D eigenvalue weighted by Gasteiger charge is 2.33. The molecule has 1 N–H and O–H groups in total. The lowest BCUT2D eigenvalue weighted by Crippen LogP contribution is -2.34. The molecule has 17 heavy (non-hydrogen) atoms. The molecule has 1 aromatic carbocycles. The van der Waals surface area contributed by atoms with Gasteiger partial charge in [0.05, 0.1) is 0 Å². The van der Waals surface area contributed by atoms with Gasteiger partial charge in [-0.1, -0.05) is 24.6 Å². The molecule has 2 heteroatoms. The molecule has 0 bridgehead atoms.